The van der Waals surface area contributed by atoms with Crippen molar-refractivity contribution in [1.29, 1.82) is 0 Å². The third kappa shape index (κ3) is 1.98. The lowest BCUT2D eigenvalue weighted by atomic mass is 10.1. The van der Waals surface area contributed by atoms with Crippen LogP contribution >= 0.6 is 23.2 Å². The van der Waals surface area contributed by atoms with E-state index in [1.165, 1.54) is 10.7 Å². The smallest absolute Gasteiger partial charge is 0.134 e. The molecule has 0 fully saturated rings. The molecule has 2 aromatic rings. The molecule has 2 rings (SSSR count). The highest BCUT2D eigenvalue weighted by atomic mass is 35.5. The van der Waals surface area contributed by atoms with Crippen LogP contribution < -0.4 is 0 Å². The third-order valence-electron chi connectivity index (χ3n) is 2.03. The zero-order valence-electron chi connectivity index (χ0n) is 7.84. The standard InChI is InChI=1S/C10H7Cl2FN2/c1-15-10(12)5-9(14-15)7-3-2-6(11)4-8(7)13/h2-5H,1H3. The zero-order valence-corrected chi connectivity index (χ0v) is 9.35. The first kappa shape index (κ1) is 10.5. The van der Waals surface area contributed by atoms with Crippen molar-refractivity contribution < 1.29 is 4.39 Å². The van der Waals surface area contributed by atoms with E-state index in [1.807, 2.05) is 0 Å². The average molecular weight is 245 g/mol. The van der Waals surface area contributed by atoms with Crippen molar-refractivity contribution >= 4 is 23.2 Å². The third-order valence-corrected chi connectivity index (χ3v) is 2.62. The number of halogens is 3. The van der Waals surface area contributed by atoms with E-state index in [9.17, 15) is 4.39 Å². The second-order valence-corrected chi connectivity index (χ2v) is 3.92. The maximum atomic E-state index is 13.5. The second-order valence-electron chi connectivity index (χ2n) is 3.10. The van der Waals surface area contributed by atoms with Crippen molar-refractivity contribution in [2.45, 2.75) is 0 Å². The van der Waals surface area contributed by atoms with Crippen LogP contribution in [0.1, 0.15) is 0 Å². The van der Waals surface area contributed by atoms with E-state index in [-0.39, 0.29) is 0 Å². The highest BCUT2D eigenvalue weighted by Crippen LogP contribution is 2.25. The van der Waals surface area contributed by atoms with Crippen LogP contribution in [0.3, 0.4) is 0 Å². The van der Waals surface area contributed by atoms with E-state index in [2.05, 4.69) is 5.10 Å². The molecule has 15 heavy (non-hydrogen) atoms. The Morgan fingerprint density at radius 3 is 2.53 bits per heavy atom. The van der Waals surface area contributed by atoms with Crippen LogP contribution in [-0.4, -0.2) is 9.78 Å². The minimum absolute atomic E-state index is 0.360. The fraction of sp³-hybridized carbons (Fsp3) is 0.100. The van der Waals surface area contributed by atoms with Gasteiger partial charge in [0.1, 0.15) is 11.0 Å². The highest BCUT2D eigenvalue weighted by Gasteiger charge is 2.10. The van der Waals surface area contributed by atoms with Gasteiger partial charge in [-0.25, -0.2) is 4.39 Å². The van der Waals surface area contributed by atoms with Gasteiger partial charge in [-0.05, 0) is 18.2 Å². The average Bonchev–Trinajstić information content (AvgIpc) is 2.46. The summed E-state index contributed by atoms with van der Waals surface area (Å²) in [6.45, 7) is 0. The first-order valence-electron chi connectivity index (χ1n) is 4.23. The largest absolute Gasteiger partial charge is 0.256 e. The number of hydrogen-bond donors (Lipinski definition) is 0. The molecular formula is C10H7Cl2FN2. The molecular weight excluding hydrogens is 238 g/mol. The summed E-state index contributed by atoms with van der Waals surface area (Å²) in [4.78, 5) is 0. The molecule has 0 aliphatic heterocycles. The molecule has 0 N–H and O–H groups in total. The first-order valence-corrected chi connectivity index (χ1v) is 4.98. The van der Waals surface area contributed by atoms with Crippen LogP contribution in [0.4, 0.5) is 4.39 Å². The van der Waals surface area contributed by atoms with Crippen molar-refractivity contribution in [1.82, 2.24) is 9.78 Å². The molecule has 2 nitrogen and oxygen atoms in total. The van der Waals surface area contributed by atoms with Gasteiger partial charge in [0.2, 0.25) is 0 Å². The molecule has 1 aromatic carbocycles. The van der Waals surface area contributed by atoms with E-state index >= 15 is 0 Å². The molecule has 0 amide bonds. The molecule has 0 aliphatic carbocycles. The van der Waals surface area contributed by atoms with Gasteiger partial charge in [-0.1, -0.05) is 23.2 Å². The predicted octanol–water partition coefficient (Wildman–Crippen LogP) is 3.53. The normalized spacial score (nSPS) is 10.7. The lowest BCUT2D eigenvalue weighted by molar-refractivity contribution is 0.630. The summed E-state index contributed by atoms with van der Waals surface area (Å²) in [6.07, 6.45) is 0. The molecule has 1 heterocycles. The van der Waals surface area contributed by atoms with Crippen molar-refractivity contribution in [3.63, 3.8) is 0 Å². The van der Waals surface area contributed by atoms with Crippen LogP contribution in [0, 0.1) is 5.82 Å². The van der Waals surface area contributed by atoms with Crippen LogP contribution in [-0.2, 0) is 7.05 Å². The van der Waals surface area contributed by atoms with E-state index < -0.39 is 5.82 Å². The molecule has 1 aromatic heterocycles. The van der Waals surface area contributed by atoms with Crippen LogP contribution in [0.2, 0.25) is 10.2 Å². The minimum atomic E-state index is -0.405. The minimum Gasteiger partial charge on any atom is -0.256 e. The van der Waals surface area contributed by atoms with Crippen molar-refractivity contribution in [2.24, 2.45) is 7.05 Å². The topological polar surface area (TPSA) is 17.8 Å². The fourth-order valence-corrected chi connectivity index (χ4v) is 1.57. The first-order chi connectivity index (χ1) is 7.08. The second kappa shape index (κ2) is 3.83. The molecule has 5 heteroatoms. The molecule has 0 atom stereocenters. The van der Waals surface area contributed by atoms with Crippen molar-refractivity contribution in [3.05, 3.63) is 40.3 Å². The Balaban J connectivity index is 2.54. The van der Waals surface area contributed by atoms with E-state index in [0.717, 1.165) is 0 Å². The van der Waals surface area contributed by atoms with Crippen LogP contribution in [0.25, 0.3) is 11.3 Å². The number of hydrogen-bond acceptors (Lipinski definition) is 1. The molecule has 0 radical (unpaired) electrons. The Labute approximate surface area is 96.2 Å². The molecule has 0 bridgehead atoms. The number of nitrogens with zero attached hydrogens (tertiary/aromatic N) is 2. The fourth-order valence-electron chi connectivity index (χ4n) is 1.27. The van der Waals surface area contributed by atoms with E-state index in [4.69, 9.17) is 23.2 Å². The van der Waals surface area contributed by atoms with Gasteiger partial charge in [0, 0.05) is 23.7 Å². The molecule has 0 saturated carbocycles. The number of benzene rings is 1. The Hall–Kier alpha value is -1.06. The molecule has 0 aliphatic rings. The quantitative estimate of drug-likeness (QED) is 0.751. The summed E-state index contributed by atoms with van der Waals surface area (Å²) in [5.74, 6) is -0.405. The Morgan fingerprint density at radius 1 is 1.27 bits per heavy atom. The van der Waals surface area contributed by atoms with Gasteiger partial charge < -0.3 is 0 Å². The number of aryl methyl sites for hydroxylation is 1. The lowest BCUT2D eigenvalue weighted by Crippen LogP contribution is -1.91. The van der Waals surface area contributed by atoms with Crippen LogP contribution in [0.15, 0.2) is 24.3 Å². The van der Waals surface area contributed by atoms with Gasteiger partial charge >= 0.3 is 0 Å². The Bertz CT molecular complexity index is 489. The van der Waals surface area contributed by atoms with Crippen molar-refractivity contribution in [3.8, 4) is 11.3 Å². The summed E-state index contributed by atoms with van der Waals surface area (Å²) in [5, 5.41) is 4.89. The van der Waals surface area contributed by atoms with Gasteiger partial charge in [0.05, 0.1) is 5.69 Å². The van der Waals surface area contributed by atoms with Gasteiger partial charge in [0.15, 0.2) is 0 Å². The maximum absolute atomic E-state index is 13.5. The van der Waals surface area contributed by atoms with Crippen LogP contribution in [0.5, 0.6) is 0 Å². The summed E-state index contributed by atoms with van der Waals surface area (Å²) in [6, 6.07) is 6.05. The van der Waals surface area contributed by atoms with Gasteiger partial charge in [-0.3, -0.25) is 4.68 Å². The zero-order chi connectivity index (χ0) is 11.0. The summed E-state index contributed by atoms with van der Waals surface area (Å²) < 4.78 is 15.0. The summed E-state index contributed by atoms with van der Waals surface area (Å²) >= 11 is 11.5. The predicted molar refractivity (Wildman–Crippen MR) is 58.6 cm³/mol. The summed E-state index contributed by atoms with van der Waals surface area (Å²) in [7, 11) is 1.69. The monoisotopic (exact) mass is 244 g/mol. The van der Waals surface area contributed by atoms with Gasteiger partial charge in [0.25, 0.3) is 0 Å². The number of rotatable bonds is 1. The molecule has 78 valence electrons. The maximum Gasteiger partial charge on any atom is 0.134 e. The molecule has 0 unspecified atom stereocenters. The van der Waals surface area contributed by atoms with E-state index in [1.54, 1.807) is 25.2 Å². The molecule has 0 saturated heterocycles. The summed E-state index contributed by atoms with van der Waals surface area (Å²) in [5.41, 5.74) is 0.888. The Kier molecular flexibility index (Phi) is 2.67. The van der Waals surface area contributed by atoms with E-state index in [0.29, 0.717) is 21.4 Å². The lowest BCUT2D eigenvalue weighted by Gasteiger charge is -1.98. The van der Waals surface area contributed by atoms with Gasteiger partial charge in [-0.15, -0.1) is 0 Å². The highest BCUT2D eigenvalue weighted by molar-refractivity contribution is 6.30. The molecule has 0 spiro atoms. The van der Waals surface area contributed by atoms with Crippen molar-refractivity contribution in [2.75, 3.05) is 0 Å². The Morgan fingerprint density at radius 2 is 2.00 bits per heavy atom. The number of aromatic nitrogens is 2. The van der Waals surface area contributed by atoms with Gasteiger partial charge in [-0.2, -0.15) is 5.10 Å². The SMILES string of the molecule is Cn1nc(-c2ccc(Cl)cc2F)cc1Cl.